The van der Waals surface area contributed by atoms with Crippen LogP contribution in [-0.4, -0.2) is 32.7 Å². The molecule has 0 aliphatic carbocycles. The van der Waals surface area contributed by atoms with Gasteiger partial charge in [0, 0.05) is 19.6 Å². The fourth-order valence-electron chi connectivity index (χ4n) is 1.13. The highest BCUT2D eigenvalue weighted by Gasteiger charge is 2.24. The van der Waals surface area contributed by atoms with Gasteiger partial charge in [-0.25, -0.2) is 0 Å². The molecule has 1 fully saturated rings. The van der Waals surface area contributed by atoms with E-state index >= 15 is 0 Å². The number of rotatable bonds is 2. The lowest BCUT2D eigenvalue weighted by Crippen LogP contribution is -2.34. The second-order valence-electron chi connectivity index (χ2n) is 2.44. The van der Waals surface area contributed by atoms with E-state index in [0.717, 1.165) is 12.7 Å². The van der Waals surface area contributed by atoms with Crippen LogP contribution in [0, 0.1) is 5.92 Å². The van der Waals surface area contributed by atoms with Crippen LogP contribution in [0.1, 0.15) is 6.42 Å². The summed E-state index contributed by atoms with van der Waals surface area (Å²) in [6, 6.07) is 0. The van der Waals surface area contributed by atoms with Crippen molar-refractivity contribution in [3.8, 4) is 0 Å². The second kappa shape index (κ2) is 3.68. The lowest BCUT2D eigenvalue weighted by atomic mass is 9.99. The summed E-state index contributed by atoms with van der Waals surface area (Å²) in [5, 5.41) is 0. The molecule has 0 aromatic carbocycles. The van der Waals surface area contributed by atoms with Gasteiger partial charge in [-0.1, -0.05) is 0 Å². The van der Waals surface area contributed by atoms with Gasteiger partial charge in [-0.05, 0) is 6.42 Å². The van der Waals surface area contributed by atoms with E-state index in [1.54, 1.807) is 7.11 Å². The van der Waals surface area contributed by atoms with Crippen LogP contribution < -0.4 is 0 Å². The van der Waals surface area contributed by atoms with E-state index in [1.807, 2.05) is 0 Å². The van der Waals surface area contributed by atoms with Gasteiger partial charge in [-0.2, -0.15) is 0 Å². The molecule has 3 heteroatoms. The number of carbonyl (C=O) groups is 1. The molecule has 1 saturated heterocycles. The Labute approximate surface area is 60.3 Å². The molecule has 0 saturated carbocycles. The van der Waals surface area contributed by atoms with Crippen molar-refractivity contribution in [3.63, 3.8) is 0 Å². The molecule has 0 spiro atoms. The predicted molar refractivity (Wildman–Crippen MR) is 35.8 cm³/mol. The average Bonchev–Trinajstić information content (AvgIpc) is 2.04. The summed E-state index contributed by atoms with van der Waals surface area (Å²) in [4.78, 5) is 10.4. The van der Waals surface area contributed by atoms with Crippen molar-refractivity contribution in [3.05, 3.63) is 0 Å². The Kier molecular flexibility index (Phi) is 2.83. The van der Waals surface area contributed by atoms with Gasteiger partial charge in [0.1, 0.15) is 6.29 Å². The highest BCUT2D eigenvalue weighted by molar-refractivity contribution is 5.54. The van der Waals surface area contributed by atoms with Crippen molar-refractivity contribution in [1.29, 1.82) is 0 Å². The Morgan fingerprint density at radius 2 is 2.50 bits per heavy atom. The first-order valence-electron chi connectivity index (χ1n) is 3.44. The van der Waals surface area contributed by atoms with Gasteiger partial charge in [0.15, 0.2) is 0 Å². The van der Waals surface area contributed by atoms with Crippen LogP contribution >= 0.6 is 0 Å². The lowest BCUT2D eigenvalue weighted by Gasteiger charge is -2.26. The number of ether oxygens (including phenoxy) is 2. The summed E-state index contributed by atoms with van der Waals surface area (Å²) in [5.41, 5.74) is 0. The van der Waals surface area contributed by atoms with E-state index in [1.165, 1.54) is 0 Å². The summed E-state index contributed by atoms with van der Waals surface area (Å²) in [6.07, 6.45) is 1.73. The molecule has 0 N–H and O–H groups in total. The summed E-state index contributed by atoms with van der Waals surface area (Å²) in [6.45, 7) is 1.24. The van der Waals surface area contributed by atoms with Gasteiger partial charge in [0.05, 0.1) is 12.7 Å². The topological polar surface area (TPSA) is 35.5 Å². The Morgan fingerprint density at radius 3 is 3.00 bits per heavy atom. The van der Waals surface area contributed by atoms with Crippen molar-refractivity contribution in [2.45, 2.75) is 12.5 Å². The van der Waals surface area contributed by atoms with Gasteiger partial charge < -0.3 is 14.3 Å². The molecular weight excluding hydrogens is 132 g/mol. The molecule has 2 unspecified atom stereocenters. The molecule has 0 bridgehead atoms. The maximum atomic E-state index is 10.4. The third-order valence-electron chi connectivity index (χ3n) is 1.83. The molecule has 58 valence electrons. The van der Waals surface area contributed by atoms with E-state index in [9.17, 15) is 4.79 Å². The first-order chi connectivity index (χ1) is 4.88. The number of methoxy groups -OCH3 is 1. The van der Waals surface area contributed by atoms with Crippen LogP contribution in [0.2, 0.25) is 0 Å². The molecule has 1 rings (SSSR count). The number of hydrogen-bond donors (Lipinski definition) is 0. The molecule has 10 heavy (non-hydrogen) atoms. The standard InChI is InChI=1S/C7H12O3/c1-9-7-5-10-3-2-6(7)4-8/h4,6-7H,2-3,5H2,1H3. The van der Waals surface area contributed by atoms with E-state index < -0.39 is 0 Å². The zero-order chi connectivity index (χ0) is 7.40. The average molecular weight is 144 g/mol. The van der Waals surface area contributed by atoms with E-state index in [0.29, 0.717) is 13.2 Å². The quantitative estimate of drug-likeness (QED) is 0.521. The van der Waals surface area contributed by atoms with Gasteiger partial charge in [-0.3, -0.25) is 0 Å². The van der Waals surface area contributed by atoms with Gasteiger partial charge >= 0.3 is 0 Å². The number of hydrogen-bond acceptors (Lipinski definition) is 3. The molecule has 1 aliphatic rings. The maximum absolute atomic E-state index is 10.4. The Morgan fingerprint density at radius 1 is 1.70 bits per heavy atom. The maximum Gasteiger partial charge on any atom is 0.125 e. The van der Waals surface area contributed by atoms with Gasteiger partial charge in [-0.15, -0.1) is 0 Å². The predicted octanol–water partition coefficient (Wildman–Crippen LogP) is 0.237. The van der Waals surface area contributed by atoms with Crippen LogP contribution in [0.4, 0.5) is 0 Å². The molecular formula is C7H12O3. The Balaban J connectivity index is 2.41. The molecule has 1 heterocycles. The first-order valence-corrected chi connectivity index (χ1v) is 3.44. The monoisotopic (exact) mass is 144 g/mol. The molecule has 3 nitrogen and oxygen atoms in total. The summed E-state index contributed by atoms with van der Waals surface area (Å²) in [5.74, 6) is 0.0405. The van der Waals surface area contributed by atoms with Crippen LogP contribution in [0.3, 0.4) is 0 Å². The third-order valence-corrected chi connectivity index (χ3v) is 1.83. The van der Waals surface area contributed by atoms with Gasteiger partial charge in [0.2, 0.25) is 0 Å². The zero-order valence-electron chi connectivity index (χ0n) is 6.08. The fourth-order valence-corrected chi connectivity index (χ4v) is 1.13. The minimum absolute atomic E-state index is 0.0220. The normalized spacial score (nSPS) is 33.7. The zero-order valence-corrected chi connectivity index (χ0v) is 6.08. The first kappa shape index (κ1) is 7.69. The van der Waals surface area contributed by atoms with Crippen LogP contribution in [0.5, 0.6) is 0 Å². The van der Waals surface area contributed by atoms with Crippen LogP contribution in [-0.2, 0) is 14.3 Å². The minimum atomic E-state index is -0.0220. The second-order valence-corrected chi connectivity index (χ2v) is 2.44. The number of aldehydes is 1. The molecule has 1 aliphatic heterocycles. The fraction of sp³-hybridized carbons (Fsp3) is 0.857. The summed E-state index contributed by atoms with van der Waals surface area (Å²) < 4.78 is 10.2. The van der Waals surface area contributed by atoms with Crippen molar-refractivity contribution in [1.82, 2.24) is 0 Å². The van der Waals surface area contributed by atoms with E-state index in [-0.39, 0.29) is 12.0 Å². The smallest absolute Gasteiger partial charge is 0.125 e. The Hall–Kier alpha value is -0.410. The van der Waals surface area contributed by atoms with E-state index in [2.05, 4.69) is 0 Å². The summed E-state index contributed by atoms with van der Waals surface area (Å²) in [7, 11) is 1.61. The lowest BCUT2D eigenvalue weighted by molar-refractivity contribution is -0.123. The molecule has 2 atom stereocenters. The highest BCUT2D eigenvalue weighted by atomic mass is 16.5. The van der Waals surface area contributed by atoms with Crippen molar-refractivity contribution < 1.29 is 14.3 Å². The molecule has 0 aromatic rings. The third kappa shape index (κ3) is 1.55. The van der Waals surface area contributed by atoms with Crippen molar-refractivity contribution in [2.24, 2.45) is 5.92 Å². The number of carbonyl (C=O) groups excluding carboxylic acids is 1. The largest absolute Gasteiger partial charge is 0.379 e. The van der Waals surface area contributed by atoms with Gasteiger partial charge in [0.25, 0.3) is 0 Å². The van der Waals surface area contributed by atoms with Crippen molar-refractivity contribution in [2.75, 3.05) is 20.3 Å². The van der Waals surface area contributed by atoms with E-state index in [4.69, 9.17) is 9.47 Å². The Bertz CT molecular complexity index is 113. The molecule has 0 aromatic heterocycles. The minimum Gasteiger partial charge on any atom is -0.379 e. The molecule has 0 amide bonds. The van der Waals surface area contributed by atoms with Crippen LogP contribution in [0.25, 0.3) is 0 Å². The molecule has 0 radical (unpaired) electrons. The van der Waals surface area contributed by atoms with Crippen LogP contribution in [0.15, 0.2) is 0 Å². The SMILES string of the molecule is COC1COCCC1C=O. The van der Waals surface area contributed by atoms with Crippen molar-refractivity contribution >= 4 is 6.29 Å². The highest BCUT2D eigenvalue weighted by Crippen LogP contribution is 2.15. The summed E-state index contributed by atoms with van der Waals surface area (Å²) >= 11 is 0.